The number of aliphatic hydroxyl groups excluding tert-OH is 1. The van der Waals surface area contributed by atoms with Crippen LogP contribution in [0.15, 0.2) is 71.6 Å². The number of nitrogens with two attached hydrogens (primary N) is 1. The predicted molar refractivity (Wildman–Crippen MR) is 145 cm³/mol. The van der Waals surface area contributed by atoms with Gasteiger partial charge in [0.1, 0.15) is 6.10 Å². The molecule has 2 amide bonds. The van der Waals surface area contributed by atoms with Crippen molar-refractivity contribution in [1.82, 2.24) is 0 Å². The number of nitrogens with zero attached hydrogens (tertiary/aromatic N) is 1. The number of carbonyl (C=O) groups excluding carboxylic acids is 2. The zero-order valence-corrected chi connectivity index (χ0v) is 22.9. The average molecular weight is 591 g/mol. The molecule has 1 aliphatic heterocycles. The van der Waals surface area contributed by atoms with Crippen molar-refractivity contribution in [3.63, 3.8) is 0 Å². The Morgan fingerprint density at radius 1 is 1.10 bits per heavy atom. The van der Waals surface area contributed by atoms with E-state index in [0.29, 0.717) is 22.4 Å². The molecular weight excluding hydrogens is 561 g/mol. The van der Waals surface area contributed by atoms with E-state index < -0.39 is 46.1 Å². The van der Waals surface area contributed by atoms with Crippen molar-refractivity contribution in [2.24, 2.45) is 5.73 Å². The van der Waals surface area contributed by atoms with E-state index in [1.165, 1.54) is 48.2 Å². The number of hydrogen-bond acceptors (Lipinski definition) is 6. The van der Waals surface area contributed by atoms with Crippen molar-refractivity contribution < 1.29 is 41.0 Å². The Kier molecular flexibility index (Phi) is 8.86. The fourth-order valence-electron chi connectivity index (χ4n) is 4.77. The molecule has 3 aromatic carbocycles. The van der Waals surface area contributed by atoms with E-state index in [-0.39, 0.29) is 41.7 Å². The maximum atomic E-state index is 13.1. The van der Waals surface area contributed by atoms with Crippen LogP contribution in [0.25, 0.3) is 0 Å². The van der Waals surface area contributed by atoms with Gasteiger partial charge >= 0.3 is 6.18 Å². The standard InChI is InChI=1S/C29H29F3N2O6S/c1-2-41(38,39)22-10-5-18(6-11-22)25(17-35)24-15-21(9-12-23(24)28(33)37)34-16-26(40-14-13-27(34)36)19-3-7-20(8-4-19)29(30,31)32/h3-12,15,25-26,35H,2,13-14,16-17H2,1H3,(H2,33,37)/t25-,26?/m1/s1. The molecule has 1 unspecified atom stereocenters. The van der Waals surface area contributed by atoms with Gasteiger partial charge < -0.3 is 20.5 Å². The predicted octanol–water partition coefficient (Wildman–Crippen LogP) is 4.22. The highest BCUT2D eigenvalue weighted by Gasteiger charge is 2.32. The van der Waals surface area contributed by atoms with Crippen molar-refractivity contribution in [2.45, 2.75) is 36.4 Å². The monoisotopic (exact) mass is 590 g/mol. The Morgan fingerprint density at radius 2 is 1.76 bits per heavy atom. The quantitative estimate of drug-likeness (QED) is 0.405. The van der Waals surface area contributed by atoms with Crippen LogP contribution in [0.4, 0.5) is 18.9 Å². The minimum absolute atomic E-state index is 0.00702. The number of ether oxygens (including phenoxy) is 1. The lowest BCUT2D eigenvalue weighted by Gasteiger charge is -2.27. The molecule has 0 saturated carbocycles. The van der Waals surface area contributed by atoms with Gasteiger partial charge in [-0.2, -0.15) is 13.2 Å². The third-order valence-electron chi connectivity index (χ3n) is 7.09. The summed E-state index contributed by atoms with van der Waals surface area (Å²) in [6.07, 6.45) is -5.19. The van der Waals surface area contributed by atoms with Crippen molar-refractivity contribution in [1.29, 1.82) is 0 Å². The Hall–Kier alpha value is -3.74. The van der Waals surface area contributed by atoms with Crippen LogP contribution in [-0.2, 0) is 25.5 Å². The second-order valence-corrected chi connectivity index (χ2v) is 11.9. The lowest BCUT2D eigenvalue weighted by molar-refractivity contribution is -0.137. The summed E-state index contributed by atoms with van der Waals surface area (Å²) in [4.78, 5) is 26.9. The third-order valence-corrected chi connectivity index (χ3v) is 8.84. The van der Waals surface area contributed by atoms with Gasteiger partial charge in [0.25, 0.3) is 0 Å². The molecule has 12 heteroatoms. The first-order valence-electron chi connectivity index (χ1n) is 12.8. The molecule has 8 nitrogen and oxygen atoms in total. The number of primary amides is 1. The topological polar surface area (TPSA) is 127 Å². The number of sulfone groups is 1. The van der Waals surface area contributed by atoms with E-state index in [0.717, 1.165) is 12.1 Å². The smallest absolute Gasteiger partial charge is 0.395 e. The summed E-state index contributed by atoms with van der Waals surface area (Å²) in [6, 6.07) is 15.0. The molecule has 0 spiro atoms. The van der Waals surface area contributed by atoms with Gasteiger partial charge in [0.2, 0.25) is 11.8 Å². The lowest BCUT2D eigenvalue weighted by atomic mass is 9.88. The van der Waals surface area contributed by atoms with Crippen molar-refractivity contribution in [3.05, 3.63) is 94.5 Å². The van der Waals surface area contributed by atoms with Crippen LogP contribution >= 0.6 is 0 Å². The molecule has 1 fully saturated rings. The summed E-state index contributed by atoms with van der Waals surface area (Å²) in [6.45, 7) is 1.13. The Labute approximate surface area is 235 Å². The lowest BCUT2D eigenvalue weighted by Crippen LogP contribution is -2.33. The Morgan fingerprint density at radius 3 is 2.32 bits per heavy atom. The number of halogens is 3. The van der Waals surface area contributed by atoms with Crippen molar-refractivity contribution in [3.8, 4) is 0 Å². The molecular formula is C29H29F3N2O6S. The minimum atomic E-state index is -4.49. The van der Waals surface area contributed by atoms with Gasteiger partial charge in [-0.05, 0) is 59.2 Å². The molecule has 1 aliphatic rings. The van der Waals surface area contributed by atoms with Crippen LogP contribution < -0.4 is 10.6 Å². The highest BCUT2D eigenvalue weighted by atomic mass is 32.2. The van der Waals surface area contributed by atoms with E-state index in [4.69, 9.17) is 10.5 Å². The number of hydrogen-bond donors (Lipinski definition) is 2. The van der Waals surface area contributed by atoms with Crippen LogP contribution in [0.2, 0.25) is 0 Å². The zero-order chi connectivity index (χ0) is 29.9. The zero-order valence-electron chi connectivity index (χ0n) is 22.1. The van der Waals surface area contributed by atoms with E-state index in [9.17, 15) is 36.3 Å². The first-order chi connectivity index (χ1) is 19.4. The van der Waals surface area contributed by atoms with Gasteiger partial charge in [0.05, 0.1) is 42.4 Å². The second kappa shape index (κ2) is 12.0. The van der Waals surface area contributed by atoms with Crippen LogP contribution in [0.3, 0.4) is 0 Å². The van der Waals surface area contributed by atoms with Crippen molar-refractivity contribution in [2.75, 3.05) is 30.4 Å². The molecule has 0 aliphatic carbocycles. The van der Waals surface area contributed by atoms with Gasteiger partial charge in [-0.25, -0.2) is 8.42 Å². The van der Waals surface area contributed by atoms with Gasteiger partial charge in [0.15, 0.2) is 9.84 Å². The van der Waals surface area contributed by atoms with E-state index in [1.807, 2.05) is 0 Å². The van der Waals surface area contributed by atoms with Gasteiger partial charge in [0, 0.05) is 17.2 Å². The fourth-order valence-corrected chi connectivity index (χ4v) is 5.65. The van der Waals surface area contributed by atoms with Crippen LogP contribution in [0, 0.1) is 0 Å². The van der Waals surface area contributed by atoms with Gasteiger partial charge in [-0.1, -0.05) is 31.2 Å². The summed E-state index contributed by atoms with van der Waals surface area (Å²) >= 11 is 0. The summed E-state index contributed by atoms with van der Waals surface area (Å²) in [5.41, 5.74) is 6.62. The molecule has 3 aromatic rings. The number of anilines is 1. The number of amides is 2. The molecule has 0 aromatic heterocycles. The van der Waals surface area contributed by atoms with Gasteiger partial charge in [-0.15, -0.1) is 0 Å². The summed E-state index contributed by atoms with van der Waals surface area (Å²) in [5, 5.41) is 10.3. The van der Waals surface area contributed by atoms with E-state index in [1.54, 1.807) is 18.2 Å². The number of aliphatic hydroxyl groups is 1. The van der Waals surface area contributed by atoms with Gasteiger partial charge in [-0.3, -0.25) is 9.59 Å². The molecule has 4 rings (SSSR count). The Bertz CT molecular complexity index is 1520. The highest BCUT2D eigenvalue weighted by Crippen LogP contribution is 2.35. The Balaban J connectivity index is 1.71. The molecule has 2 atom stereocenters. The number of carbonyl (C=O) groups is 2. The molecule has 41 heavy (non-hydrogen) atoms. The molecule has 218 valence electrons. The summed E-state index contributed by atoms with van der Waals surface area (Å²) < 4.78 is 69.4. The minimum Gasteiger partial charge on any atom is -0.395 e. The first-order valence-corrected chi connectivity index (χ1v) is 14.5. The normalized spacial score (nSPS) is 17.2. The second-order valence-electron chi connectivity index (χ2n) is 9.58. The molecule has 0 bridgehead atoms. The van der Waals surface area contributed by atoms with Crippen LogP contribution in [0.5, 0.6) is 0 Å². The van der Waals surface area contributed by atoms with Crippen LogP contribution in [0.1, 0.15) is 58.0 Å². The molecule has 1 saturated heterocycles. The third kappa shape index (κ3) is 6.61. The SMILES string of the molecule is CCS(=O)(=O)c1ccc([C@@H](CO)c2cc(N3CC(c4ccc(C(F)(F)F)cc4)OCCC3=O)ccc2C(N)=O)cc1. The van der Waals surface area contributed by atoms with Crippen LogP contribution in [-0.4, -0.2) is 50.9 Å². The molecule has 3 N–H and O–H groups in total. The number of alkyl halides is 3. The summed E-state index contributed by atoms with van der Waals surface area (Å²) in [5.74, 6) is -1.92. The maximum absolute atomic E-state index is 13.1. The molecule has 1 heterocycles. The number of rotatable bonds is 8. The first kappa shape index (κ1) is 30.2. The van der Waals surface area contributed by atoms with E-state index in [2.05, 4.69) is 0 Å². The number of benzene rings is 3. The summed E-state index contributed by atoms with van der Waals surface area (Å²) in [7, 11) is -3.45. The maximum Gasteiger partial charge on any atom is 0.416 e. The largest absolute Gasteiger partial charge is 0.416 e. The van der Waals surface area contributed by atoms with E-state index >= 15 is 0 Å². The van der Waals surface area contributed by atoms with Crippen molar-refractivity contribution >= 4 is 27.3 Å². The fraction of sp³-hybridized carbons (Fsp3) is 0.310. The molecule has 0 radical (unpaired) electrons. The highest BCUT2D eigenvalue weighted by molar-refractivity contribution is 7.91. The average Bonchev–Trinajstić information content (AvgIpc) is 3.14.